The number of hydrogen-bond acceptors (Lipinski definition) is 6. The van der Waals surface area contributed by atoms with Gasteiger partial charge in [0.2, 0.25) is 0 Å². The number of rotatable bonds is 15. The highest BCUT2D eigenvalue weighted by molar-refractivity contribution is 6.02. The number of ether oxygens (including phenoxy) is 3. The van der Waals surface area contributed by atoms with E-state index in [0.717, 1.165) is 24.1 Å². The number of amides is 1. The van der Waals surface area contributed by atoms with E-state index in [4.69, 9.17) is 14.2 Å². The zero-order valence-corrected chi connectivity index (χ0v) is 28.5. The summed E-state index contributed by atoms with van der Waals surface area (Å²) in [6.45, 7) is 15.6. The van der Waals surface area contributed by atoms with E-state index in [1.807, 2.05) is 40.7 Å². The van der Waals surface area contributed by atoms with E-state index in [-0.39, 0.29) is 24.1 Å². The molecule has 1 unspecified atom stereocenters. The number of hydrogen-bond donors (Lipinski definition) is 1. The molecule has 254 valence electrons. The maximum Gasteiger partial charge on any atom is 0.411 e. The molecule has 0 aliphatic rings. The molecular formula is C38H47F2NO6. The van der Waals surface area contributed by atoms with Gasteiger partial charge < -0.3 is 14.2 Å². The molecule has 9 heteroatoms. The van der Waals surface area contributed by atoms with Crippen molar-refractivity contribution in [2.24, 2.45) is 11.8 Å². The Bertz CT molecular complexity index is 1520. The van der Waals surface area contributed by atoms with E-state index in [1.54, 1.807) is 30.3 Å². The molecule has 3 aromatic carbocycles. The van der Waals surface area contributed by atoms with Gasteiger partial charge in [-0.3, -0.25) is 14.9 Å². The second-order valence-corrected chi connectivity index (χ2v) is 11.4. The maximum absolute atomic E-state index is 13.3. The Kier molecular flexibility index (Phi) is 15.8. The number of ketones is 2. The normalized spacial score (nSPS) is 11.8. The molecular weight excluding hydrogens is 604 g/mol. The Morgan fingerprint density at radius 2 is 1.51 bits per heavy atom. The summed E-state index contributed by atoms with van der Waals surface area (Å²) >= 11 is 0. The van der Waals surface area contributed by atoms with Crippen molar-refractivity contribution in [3.05, 3.63) is 95.1 Å². The molecule has 47 heavy (non-hydrogen) atoms. The fraction of sp³-hybridized carbons (Fsp3) is 0.395. The van der Waals surface area contributed by atoms with E-state index in [9.17, 15) is 23.2 Å². The monoisotopic (exact) mass is 651 g/mol. The van der Waals surface area contributed by atoms with Gasteiger partial charge in [-0.2, -0.15) is 0 Å². The largest absolute Gasteiger partial charge is 0.496 e. The maximum atomic E-state index is 13.3. The summed E-state index contributed by atoms with van der Waals surface area (Å²) in [6, 6.07) is 13.2. The van der Waals surface area contributed by atoms with Gasteiger partial charge in [-0.05, 0) is 74.1 Å². The van der Waals surface area contributed by atoms with Gasteiger partial charge in [0.05, 0.1) is 12.7 Å². The van der Waals surface area contributed by atoms with Crippen molar-refractivity contribution in [1.82, 2.24) is 0 Å². The Labute approximate surface area is 277 Å². The van der Waals surface area contributed by atoms with Crippen molar-refractivity contribution in [3.63, 3.8) is 0 Å². The van der Waals surface area contributed by atoms with Gasteiger partial charge in [-0.1, -0.05) is 58.9 Å². The summed E-state index contributed by atoms with van der Waals surface area (Å²) < 4.78 is 42.8. The van der Waals surface area contributed by atoms with Crippen LogP contribution in [0.5, 0.6) is 17.2 Å². The number of Topliss-reactive ketones (excluding diaryl/α,β-unsaturated/α-hetero) is 2. The van der Waals surface area contributed by atoms with Gasteiger partial charge in [-0.15, -0.1) is 0 Å². The third-order valence-electron chi connectivity index (χ3n) is 7.89. The minimum Gasteiger partial charge on any atom is -0.496 e. The van der Waals surface area contributed by atoms with Crippen LogP contribution in [0, 0.1) is 23.5 Å². The van der Waals surface area contributed by atoms with E-state index in [2.05, 4.69) is 18.8 Å². The Morgan fingerprint density at radius 3 is 2.06 bits per heavy atom. The highest BCUT2D eigenvalue weighted by atomic mass is 19.2. The van der Waals surface area contributed by atoms with E-state index in [1.165, 1.54) is 18.7 Å². The van der Waals surface area contributed by atoms with Crippen LogP contribution in [0.15, 0.2) is 66.7 Å². The highest BCUT2D eigenvalue weighted by Gasteiger charge is 2.24. The third kappa shape index (κ3) is 12.0. The molecule has 0 spiro atoms. The minimum atomic E-state index is -1.01. The molecule has 0 radical (unpaired) electrons. The molecule has 0 saturated heterocycles. The van der Waals surface area contributed by atoms with Crippen LogP contribution >= 0.6 is 0 Å². The molecule has 3 aromatic rings. The topological polar surface area (TPSA) is 90.9 Å². The molecule has 3 rings (SSSR count). The van der Waals surface area contributed by atoms with Crippen LogP contribution in [0.25, 0.3) is 0 Å². The van der Waals surface area contributed by atoms with Crippen molar-refractivity contribution < 1.29 is 37.4 Å². The number of nitrogens with one attached hydrogen (secondary N) is 1. The number of aryl methyl sites for hydroxylation is 1. The van der Waals surface area contributed by atoms with Gasteiger partial charge >= 0.3 is 6.09 Å². The average molecular weight is 652 g/mol. The molecule has 0 fully saturated rings. The molecule has 0 saturated carbocycles. The highest BCUT2D eigenvalue weighted by Crippen LogP contribution is 2.32. The Balaban J connectivity index is 0.000000597. The van der Waals surface area contributed by atoms with Crippen LogP contribution in [0.3, 0.4) is 0 Å². The van der Waals surface area contributed by atoms with Crippen molar-refractivity contribution in [3.8, 4) is 17.2 Å². The summed E-state index contributed by atoms with van der Waals surface area (Å²) in [6.07, 6.45) is 3.03. The van der Waals surface area contributed by atoms with Crippen LogP contribution in [0.2, 0.25) is 0 Å². The predicted octanol–water partition coefficient (Wildman–Crippen LogP) is 10.3. The van der Waals surface area contributed by atoms with Gasteiger partial charge in [0, 0.05) is 36.1 Å². The molecule has 1 amide bonds. The van der Waals surface area contributed by atoms with Crippen molar-refractivity contribution in [2.75, 3.05) is 12.4 Å². The van der Waals surface area contributed by atoms with Crippen LogP contribution in [0.4, 0.5) is 19.3 Å². The molecule has 0 aromatic heterocycles. The first kappa shape index (κ1) is 38.7. The summed E-state index contributed by atoms with van der Waals surface area (Å²) in [5, 5.41) is 2.61. The molecule has 7 nitrogen and oxygen atoms in total. The number of allylic oxidation sites excluding steroid dienone is 1. The van der Waals surface area contributed by atoms with Crippen LogP contribution in [-0.2, 0) is 22.6 Å². The predicted molar refractivity (Wildman–Crippen MR) is 181 cm³/mol. The first-order valence-electron chi connectivity index (χ1n) is 15.9. The number of anilines is 1. The van der Waals surface area contributed by atoms with Crippen molar-refractivity contribution >= 4 is 23.3 Å². The summed E-state index contributed by atoms with van der Waals surface area (Å²) in [5.41, 5.74) is 3.63. The summed E-state index contributed by atoms with van der Waals surface area (Å²) in [7, 11) is 1.50. The zero-order valence-electron chi connectivity index (χ0n) is 28.5. The molecule has 0 aliphatic heterocycles. The van der Waals surface area contributed by atoms with Gasteiger partial charge in [0.15, 0.2) is 17.4 Å². The van der Waals surface area contributed by atoms with Gasteiger partial charge in [-0.25, -0.2) is 13.6 Å². The Hall–Kier alpha value is -4.53. The number of methoxy groups -OCH3 is 1. The van der Waals surface area contributed by atoms with Crippen molar-refractivity contribution in [1.29, 1.82) is 0 Å². The lowest BCUT2D eigenvalue weighted by atomic mass is 9.90. The zero-order chi connectivity index (χ0) is 35.1. The molecule has 2 atom stereocenters. The second kappa shape index (κ2) is 19.2. The fourth-order valence-electron chi connectivity index (χ4n) is 4.39. The number of halogens is 2. The van der Waals surface area contributed by atoms with Crippen LogP contribution in [0.1, 0.15) is 88.7 Å². The lowest BCUT2D eigenvalue weighted by Crippen LogP contribution is -2.17. The SMILES string of the molecule is C=C(C)C(C)CCC(=O)CC.CCc1ccc(COC(=O)Nc2ccc(Oc3ccc(F)c(F)c3)cc2)c(OC)c1C(=O)[C@H](C)CC. The summed E-state index contributed by atoms with van der Waals surface area (Å²) in [4.78, 5) is 36.3. The van der Waals surface area contributed by atoms with Gasteiger partial charge in [0.25, 0.3) is 0 Å². The van der Waals surface area contributed by atoms with E-state index < -0.39 is 17.7 Å². The first-order chi connectivity index (χ1) is 22.3. The average Bonchev–Trinajstić information content (AvgIpc) is 3.07. The Morgan fingerprint density at radius 1 is 0.872 bits per heavy atom. The lowest BCUT2D eigenvalue weighted by Gasteiger charge is -2.18. The quantitative estimate of drug-likeness (QED) is 0.130. The molecule has 1 N–H and O–H groups in total. The number of carbonyl (C=O) groups excluding carboxylic acids is 3. The molecule has 0 heterocycles. The van der Waals surface area contributed by atoms with E-state index >= 15 is 0 Å². The summed E-state index contributed by atoms with van der Waals surface area (Å²) in [5.74, 6) is -0.332. The third-order valence-corrected chi connectivity index (χ3v) is 7.89. The number of carbonyl (C=O) groups is 3. The smallest absolute Gasteiger partial charge is 0.411 e. The standard InChI is InChI=1S/C28H29F2NO5.C10H18O/c1-5-17(3)26(32)25-18(6-2)7-8-19(27(25)34-4)16-35-28(33)31-20-9-11-21(12-10-20)36-22-13-14-23(29)24(30)15-22;1-5-10(11)7-6-9(4)8(2)3/h7-15,17H,5-6,16H2,1-4H3,(H,31,33);9H,2,5-7H2,1,3-4H3/t17-;/m1./s1. The lowest BCUT2D eigenvalue weighted by molar-refractivity contribution is -0.119. The van der Waals surface area contributed by atoms with Gasteiger partial charge in [0.1, 0.15) is 29.6 Å². The van der Waals surface area contributed by atoms with Crippen molar-refractivity contribution in [2.45, 2.75) is 80.3 Å². The molecule has 0 aliphatic carbocycles. The van der Waals surface area contributed by atoms with E-state index in [0.29, 0.717) is 65.7 Å². The minimum absolute atomic E-state index is 0.00295. The molecule has 0 bridgehead atoms. The van der Waals surface area contributed by atoms with Crippen LogP contribution in [-0.4, -0.2) is 24.8 Å². The van der Waals surface area contributed by atoms with Crippen LogP contribution < -0.4 is 14.8 Å². The first-order valence-corrected chi connectivity index (χ1v) is 15.9. The fourth-order valence-corrected chi connectivity index (χ4v) is 4.39. The second-order valence-electron chi connectivity index (χ2n) is 11.4. The number of benzene rings is 3.